The normalized spacial score (nSPS) is 12.9. The Hall–Kier alpha value is 0.617. The SMILES string of the molecule is CC(C)OC([Si])(CCCBr)OC(C)C. The van der Waals surface area contributed by atoms with Gasteiger partial charge >= 0.3 is 0 Å². The molecular weight excluding hydrogens is 260 g/mol. The monoisotopic (exact) mass is 279 g/mol. The first kappa shape index (κ1) is 14.6. The molecule has 0 rings (SSSR count). The van der Waals surface area contributed by atoms with Crippen LogP contribution in [-0.2, 0) is 9.47 Å². The van der Waals surface area contributed by atoms with Crippen LogP contribution in [0.4, 0.5) is 0 Å². The van der Waals surface area contributed by atoms with Gasteiger partial charge in [0.05, 0.1) is 12.2 Å². The van der Waals surface area contributed by atoms with Crippen LogP contribution in [0.25, 0.3) is 0 Å². The summed E-state index contributed by atoms with van der Waals surface area (Å²) in [5.41, 5.74) is -0.629. The first-order valence-electron chi connectivity index (χ1n) is 5.06. The van der Waals surface area contributed by atoms with Gasteiger partial charge in [-0.05, 0) is 40.5 Å². The van der Waals surface area contributed by atoms with E-state index in [0.29, 0.717) is 0 Å². The lowest BCUT2D eigenvalue weighted by Crippen LogP contribution is -2.41. The first-order chi connectivity index (χ1) is 6.39. The van der Waals surface area contributed by atoms with E-state index in [2.05, 4.69) is 26.2 Å². The van der Waals surface area contributed by atoms with Gasteiger partial charge in [0.2, 0.25) is 0 Å². The summed E-state index contributed by atoms with van der Waals surface area (Å²) >= 11 is 3.40. The van der Waals surface area contributed by atoms with Crippen molar-refractivity contribution in [3.8, 4) is 0 Å². The van der Waals surface area contributed by atoms with E-state index in [4.69, 9.17) is 9.47 Å². The molecule has 2 nitrogen and oxygen atoms in total. The van der Waals surface area contributed by atoms with Gasteiger partial charge in [0.1, 0.15) is 15.7 Å². The molecule has 0 aliphatic carbocycles. The van der Waals surface area contributed by atoms with Crippen molar-refractivity contribution in [1.29, 1.82) is 0 Å². The van der Waals surface area contributed by atoms with Crippen molar-refractivity contribution in [3.63, 3.8) is 0 Å². The standard InChI is InChI=1S/C10H20BrO2Si/c1-8(2)12-10(14,6-5-7-11)13-9(3)4/h8-9H,5-7H2,1-4H3. The van der Waals surface area contributed by atoms with Gasteiger partial charge in [-0.2, -0.15) is 0 Å². The van der Waals surface area contributed by atoms with Crippen molar-refractivity contribution in [2.75, 3.05) is 5.33 Å². The summed E-state index contributed by atoms with van der Waals surface area (Å²) in [6.07, 6.45) is 2.16. The Morgan fingerprint density at radius 3 is 1.86 bits per heavy atom. The predicted molar refractivity (Wildman–Crippen MR) is 64.0 cm³/mol. The number of hydrogen-bond acceptors (Lipinski definition) is 2. The van der Waals surface area contributed by atoms with Gasteiger partial charge in [-0.15, -0.1) is 0 Å². The largest absolute Gasteiger partial charge is 0.352 e. The summed E-state index contributed by atoms with van der Waals surface area (Å²) < 4.78 is 11.4. The zero-order chi connectivity index (χ0) is 11.2. The molecule has 0 atom stereocenters. The molecule has 0 aromatic heterocycles. The van der Waals surface area contributed by atoms with Crippen LogP contribution in [-0.4, -0.2) is 33.2 Å². The molecule has 0 aromatic carbocycles. The van der Waals surface area contributed by atoms with E-state index in [1.807, 2.05) is 27.7 Å². The molecule has 0 aliphatic heterocycles. The van der Waals surface area contributed by atoms with Gasteiger partial charge in [0.15, 0.2) is 0 Å². The average Bonchev–Trinajstić information content (AvgIpc) is 1.97. The number of ether oxygens (including phenoxy) is 2. The van der Waals surface area contributed by atoms with Crippen molar-refractivity contribution in [2.45, 2.75) is 58.2 Å². The molecule has 0 amide bonds. The third kappa shape index (κ3) is 6.98. The lowest BCUT2D eigenvalue weighted by Gasteiger charge is -2.33. The molecular formula is C10H20BrO2Si. The van der Waals surface area contributed by atoms with Crippen LogP contribution in [0.2, 0.25) is 0 Å². The highest BCUT2D eigenvalue weighted by molar-refractivity contribution is 9.09. The van der Waals surface area contributed by atoms with E-state index in [1.165, 1.54) is 0 Å². The van der Waals surface area contributed by atoms with Gasteiger partial charge in [-0.25, -0.2) is 0 Å². The van der Waals surface area contributed by atoms with Crippen LogP contribution in [0.3, 0.4) is 0 Å². The number of hydrogen-bond donors (Lipinski definition) is 0. The fourth-order valence-corrected chi connectivity index (χ4v) is 2.14. The topological polar surface area (TPSA) is 18.5 Å². The summed E-state index contributed by atoms with van der Waals surface area (Å²) in [6.45, 7) is 8.03. The van der Waals surface area contributed by atoms with E-state index >= 15 is 0 Å². The molecule has 83 valence electrons. The number of halogens is 1. The van der Waals surface area contributed by atoms with Gasteiger partial charge in [0, 0.05) is 5.33 Å². The summed E-state index contributed by atoms with van der Waals surface area (Å²) in [5.74, 6) is 0. The fraction of sp³-hybridized carbons (Fsp3) is 1.00. The highest BCUT2D eigenvalue weighted by Gasteiger charge is 2.27. The van der Waals surface area contributed by atoms with Crippen molar-refractivity contribution < 1.29 is 9.47 Å². The average molecular weight is 280 g/mol. The van der Waals surface area contributed by atoms with Crippen molar-refractivity contribution in [3.05, 3.63) is 0 Å². The maximum Gasteiger partial charge on any atom is 0.145 e. The maximum atomic E-state index is 5.72. The summed E-state index contributed by atoms with van der Waals surface area (Å²) in [7, 11) is 3.58. The van der Waals surface area contributed by atoms with Gasteiger partial charge in [-0.1, -0.05) is 15.9 Å². The van der Waals surface area contributed by atoms with Crippen LogP contribution < -0.4 is 0 Å². The van der Waals surface area contributed by atoms with Crippen LogP contribution in [0.1, 0.15) is 40.5 Å². The number of rotatable bonds is 7. The second kappa shape index (κ2) is 6.98. The zero-order valence-corrected chi connectivity index (χ0v) is 12.1. The minimum Gasteiger partial charge on any atom is -0.352 e. The second-order valence-electron chi connectivity index (χ2n) is 3.88. The van der Waals surface area contributed by atoms with Crippen molar-refractivity contribution in [2.24, 2.45) is 0 Å². The summed E-state index contributed by atoms with van der Waals surface area (Å²) in [5, 5.41) is 0.960. The Balaban J connectivity index is 4.17. The third-order valence-electron chi connectivity index (χ3n) is 1.49. The van der Waals surface area contributed by atoms with E-state index in [0.717, 1.165) is 18.2 Å². The molecule has 0 saturated carbocycles. The Morgan fingerprint density at radius 2 is 1.57 bits per heavy atom. The van der Waals surface area contributed by atoms with Crippen LogP contribution in [0, 0.1) is 0 Å². The third-order valence-corrected chi connectivity index (χ3v) is 2.54. The first-order valence-corrected chi connectivity index (χ1v) is 6.68. The van der Waals surface area contributed by atoms with E-state index in [9.17, 15) is 0 Å². The van der Waals surface area contributed by atoms with Gasteiger partial charge in [-0.3, -0.25) is 0 Å². The highest BCUT2D eigenvalue weighted by atomic mass is 79.9. The lowest BCUT2D eigenvalue weighted by atomic mass is 10.3. The van der Waals surface area contributed by atoms with Crippen molar-refractivity contribution >= 4 is 26.2 Å². The van der Waals surface area contributed by atoms with Crippen molar-refractivity contribution in [1.82, 2.24) is 0 Å². The second-order valence-corrected chi connectivity index (χ2v) is 5.43. The molecule has 0 bridgehead atoms. The van der Waals surface area contributed by atoms with E-state index in [1.54, 1.807) is 0 Å². The molecule has 0 unspecified atom stereocenters. The summed E-state index contributed by atoms with van der Waals surface area (Å²) in [4.78, 5) is 0. The minimum atomic E-state index is -0.629. The van der Waals surface area contributed by atoms with Crippen LogP contribution in [0.15, 0.2) is 0 Å². The molecule has 0 fully saturated rings. The van der Waals surface area contributed by atoms with E-state index < -0.39 is 5.41 Å². The highest BCUT2D eigenvalue weighted by Crippen LogP contribution is 2.20. The van der Waals surface area contributed by atoms with Crippen LogP contribution in [0.5, 0.6) is 0 Å². The van der Waals surface area contributed by atoms with Crippen LogP contribution >= 0.6 is 15.9 Å². The Bertz CT molecular complexity index is 141. The Morgan fingerprint density at radius 1 is 1.14 bits per heavy atom. The van der Waals surface area contributed by atoms with Gasteiger partial charge in [0.25, 0.3) is 0 Å². The molecule has 0 N–H and O–H groups in total. The van der Waals surface area contributed by atoms with E-state index in [-0.39, 0.29) is 12.2 Å². The van der Waals surface area contributed by atoms with Gasteiger partial charge < -0.3 is 9.47 Å². The molecule has 3 radical (unpaired) electrons. The molecule has 0 heterocycles. The lowest BCUT2D eigenvalue weighted by molar-refractivity contribution is -0.217. The quantitative estimate of drug-likeness (QED) is 0.405. The minimum absolute atomic E-state index is 0.154. The molecule has 4 heteroatoms. The Kier molecular flexibility index (Phi) is 7.29. The number of alkyl halides is 1. The molecule has 14 heavy (non-hydrogen) atoms. The molecule has 0 aromatic rings. The molecule has 0 aliphatic rings. The molecule has 0 saturated heterocycles. The molecule has 0 spiro atoms. The fourth-order valence-electron chi connectivity index (χ4n) is 1.21. The predicted octanol–water partition coefficient (Wildman–Crippen LogP) is 2.83. The smallest absolute Gasteiger partial charge is 0.145 e. The maximum absolute atomic E-state index is 5.72. The zero-order valence-electron chi connectivity index (χ0n) is 9.47. The Labute approximate surface area is 99.3 Å². The summed E-state index contributed by atoms with van der Waals surface area (Å²) in [6, 6.07) is 0.